The van der Waals surface area contributed by atoms with Crippen LogP contribution >= 0.6 is 7.82 Å². The summed E-state index contributed by atoms with van der Waals surface area (Å²) in [6, 6.07) is 0. The Morgan fingerprint density at radius 1 is 1.29 bits per heavy atom. The monoisotopic (exact) mass is 230 g/mol. The maximum atomic E-state index is 10.4. The first-order valence-corrected chi connectivity index (χ1v) is 5.24. The van der Waals surface area contributed by atoms with E-state index in [1.54, 1.807) is 0 Å². The highest BCUT2D eigenvalue weighted by Gasteiger charge is 2.45. The van der Waals surface area contributed by atoms with Crippen molar-refractivity contribution in [3.63, 3.8) is 0 Å². The molecule has 9 heteroatoms. The maximum Gasteiger partial charge on any atom is 0.472 e. The van der Waals surface area contributed by atoms with Gasteiger partial charge in [-0.1, -0.05) is 0 Å². The number of rotatable bonds is 3. The third-order valence-electron chi connectivity index (χ3n) is 1.74. The van der Waals surface area contributed by atoms with E-state index in [4.69, 9.17) is 25.1 Å². The number of hydrogen-bond donors (Lipinski definition) is 5. The van der Waals surface area contributed by atoms with E-state index in [-0.39, 0.29) is 0 Å². The number of aliphatic hydroxyl groups excluding tert-OH is 3. The normalized spacial score (nSPS) is 38.9. The van der Waals surface area contributed by atoms with Gasteiger partial charge >= 0.3 is 7.82 Å². The maximum absolute atomic E-state index is 10.4. The van der Waals surface area contributed by atoms with Gasteiger partial charge in [0.15, 0.2) is 6.29 Å². The Hall–Kier alpha value is -0.0500. The molecule has 0 spiro atoms. The fourth-order valence-electron chi connectivity index (χ4n) is 1.09. The van der Waals surface area contributed by atoms with E-state index >= 15 is 0 Å². The second kappa shape index (κ2) is 4.21. The highest BCUT2D eigenvalue weighted by Crippen LogP contribution is 2.40. The number of hydrogen-bond acceptors (Lipinski definition) is 6. The number of phosphoric ester groups is 1. The molecule has 5 N–H and O–H groups in total. The molecule has 1 rings (SSSR count). The van der Waals surface area contributed by atoms with Crippen LogP contribution in [0.4, 0.5) is 0 Å². The number of phosphoric acid groups is 1. The van der Waals surface area contributed by atoms with Crippen LogP contribution in [0.1, 0.15) is 0 Å². The SMILES string of the molecule is O=P(O)(O)O[C@@H]1O[C@H](CO)[C@@H](O)C1O. The van der Waals surface area contributed by atoms with Crippen LogP contribution in [0, 0.1) is 0 Å². The van der Waals surface area contributed by atoms with E-state index in [1.807, 2.05) is 0 Å². The van der Waals surface area contributed by atoms with E-state index < -0.39 is 39.0 Å². The molecular formula is C5H11O8P. The smallest absolute Gasteiger partial charge is 0.394 e. The predicted octanol–water partition coefficient (Wildman–Crippen LogP) is -2.47. The minimum atomic E-state index is -4.79. The average Bonchev–Trinajstić information content (AvgIpc) is 2.30. The second-order valence-corrected chi connectivity index (χ2v) is 3.99. The molecule has 1 fully saturated rings. The van der Waals surface area contributed by atoms with E-state index in [0.29, 0.717) is 0 Å². The van der Waals surface area contributed by atoms with E-state index in [1.165, 1.54) is 0 Å². The molecule has 1 saturated heterocycles. The molecule has 84 valence electrons. The van der Waals surface area contributed by atoms with Gasteiger partial charge in [-0.25, -0.2) is 4.57 Å². The topological polar surface area (TPSA) is 137 Å². The molecule has 0 aromatic carbocycles. The van der Waals surface area contributed by atoms with Crippen LogP contribution in [0.3, 0.4) is 0 Å². The van der Waals surface area contributed by atoms with Crippen LogP contribution < -0.4 is 0 Å². The minimum absolute atomic E-state index is 0.584. The van der Waals surface area contributed by atoms with Crippen LogP contribution in [0.15, 0.2) is 0 Å². The lowest BCUT2D eigenvalue weighted by Gasteiger charge is -2.15. The summed E-state index contributed by atoms with van der Waals surface area (Å²) in [6.45, 7) is -0.584. The molecule has 4 atom stereocenters. The first-order valence-electron chi connectivity index (χ1n) is 3.71. The lowest BCUT2D eigenvalue weighted by molar-refractivity contribution is -0.126. The second-order valence-electron chi connectivity index (χ2n) is 2.80. The average molecular weight is 230 g/mol. The molecule has 1 unspecified atom stereocenters. The minimum Gasteiger partial charge on any atom is -0.394 e. The van der Waals surface area contributed by atoms with E-state index in [2.05, 4.69) is 9.26 Å². The molecule has 0 aliphatic carbocycles. The summed E-state index contributed by atoms with van der Waals surface area (Å²) in [6.07, 6.45) is -5.78. The summed E-state index contributed by atoms with van der Waals surface area (Å²) < 4.78 is 19.1. The van der Waals surface area contributed by atoms with Crippen LogP contribution in [0.5, 0.6) is 0 Å². The van der Waals surface area contributed by atoms with Gasteiger partial charge in [-0.2, -0.15) is 0 Å². The molecule has 0 aromatic rings. The molecule has 1 aliphatic heterocycles. The zero-order chi connectivity index (χ0) is 10.9. The van der Waals surface area contributed by atoms with Crippen molar-refractivity contribution >= 4 is 7.82 Å². The summed E-state index contributed by atoms with van der Waals surface area (Å²) in [7, 11) is -4.79. The van der Waals surface area contributed by atoms with Crippen LogP contribution in [-0.4, -0.2) is 56.3 Å². The van der Waals surface area contributed by atoms with Gasteiger partial charge in [0.2, 0.25) is 0 Å². The van der Waals surface area contributed by atoms with Crippen molar-refractivity contribution in [1.82, 2.24) is 0 Å². The van der Waals surface area contributed by atoms with Crippen LogP contribution in [0.25, 0.3) is 0 Å². The summed E-state index contributed by atoms with van der Waals surface area (Å²) in [5, 5.41) is 26.9. The van der Waals surface area contributed by atoms with Gasteiger partial charge in [-0.15, -0.1) is 0 Å². The zero-order valence-electron chi connectivity index (χ0n) is 6.92. The molecule has 8 nitrogen and oxygen atoms in total. The van der Waals surface area contributed by atoms with Crippen molar-refractivity contribution in [3.8, 4) is 0 Å². The number of ether oxygens (including phenoxy) is 1. The molecule has 0 bridgehead atoms. The van der Waals surface area contributed by atoms with Crippen molar-refractivity contribution in [2.24, 2.45) is 0 Å². The Morgan fingerprint density at radius 2 is 1.86 bits per heavy atom. The lowest BCUT2D eigenvalue weighted by atomic mass is 10.1. The van der Waals surface area contributed by atoms with Crippen LogP contribution in [-0.2, 0) is 13.8 Å². The Balaban J connectivity index is 2.61. The molecule has 1 heterocycles. The Morgan fingerprint density at radius 3 is 2.21 bits per heavy atom. The summed E-state index contributed by atoms with van der Waals surface area (Å²) in [4.78, 5) is 16.8. The van der Waals surface area contributed by atoms with E-state index in [9.17, 15) is 4.57 Å². The van der Waals surface area contributed by atoms with Gasteiger partial charge < -0.3 is 29.8 Å². The third kappa shape index (κ3) is 2.72. The quantitative estimate of drug-likeness (QED) is 0.336. The molecule has 14 heavy (non-hydrogen) atoms. The van der Waals surface area contributed by atoms with Crippen LogP contribution in [0.2, 0.25) is 0 Å². The molecule has 0 amide bonds. The molecule has 1 aliphatic rings. The summed E-state index contributed by atoms with van der Waals surface area (Å²) >= 11 is 0. The zero-order valence-corrected chi connectivity index (χ0v) is 7.82. The van der Waals surface area contributed by atoms with Crippen molar-refractivity contribution in [1.29, 1.82) is 0 Å². The Kier molecular flexibility index (Phi) is 3.62. The van der Waals surface area contributed by atoms with Crippen molar-refractivity contribution in [2.45, 2.75) is 24.6 Å². The fourth-order valence-corrected chi connectivity index (χ4v) is 1.53. The Labute approximate surface area is 78.9 Å². The Bertz CT molecular complexity index is 238. The molecule has 0 radical (unpaired) electrons. The van der Waals surface area contributed by atoms with Gasteiger partial charge in [0.05, 0.1) is 6.61 Å². The van der Waals surface area contributed by atoms with Crippen molar-refractivity contribution in [2.75, 3.05) is 6.61 Å². The molecule has 0 aromatic heterocycles. The van der Waals surface area contributed by atoms with Gasteiger partial charge in [0.1, 0.15) is 18.3 Å². The standard InChI is InChI=1S/C5H11O8P/c6-1-2-3(7)4(8)5(12-2)13-14(9,10)11/h2-8H,1H2,(H2,9,10,11)/t2-,3-,4?,5+/m1/s1. The van der Waals surface area contributed by atoms with Crippen molar-refractivity contribution in [3.05, 3.63) is 0 Å². The first kappa shape index (κ1) is 12.0. The molecular weight excluding hydrogens is 219 g/mol. The van der Waals surface area contributed by atoms with Gasteiger partial charge in [0.25, 0.3) is 0 Å². The fraction of sp³-hybridized carbons (Fsp3) is 1.00. The molecule has 0 saturated carbocycles. The summed E-state index contributed by atoms with van der Waals surface area (Å²) in [5.74, 6) is 0. The van der Waals surface area contributed by atoms with Gasteiger partial charge in [-0.3, -0.25) is 4.52 Å². The van der Waals surface area contributed by atoms with Gasteiger partial charge in [0, 0.05) is 0 Å². The third-order valence-corrected chi connectivity index (χ3v) is 2.22. The lowest BCUT2D eigenvalue weighted by Crippen LogP contribution is -2.34. The first-order chi connectivity index (χ1) is 6.35. The largest absolute Gasteiger partial charge is 0.472 e. The van der Waals surface area contributed by atoms with Crippen molar-refractivity contribution < 1.29 is 38.9 Å². The number of aliphatic hydroxyl groups is 3. The van der Waals surface area contributed by atoms with Gasteiger partial charge in [-0.05, 0) is 0 Å². The highest BCUT2D eigenvalue weighted by atomic mass is 31.2. The highest BCUT2D eigenvalue weighted by molar-refractivity contribution is 7.46. The summed E-state index contributed by atoms with van der Waals surface area (Å²) in [5.41, 5.74) is 0. The van der Waals surface area contributed by atoms with E-state index in [0.717, 1.165) is 0 Å². The predicted molar refractivity (Wildman–Crippen MR) is 40.9 cm³/mol.